The number of aromatic hydroxyl groups is 1. The number of rotatable bonds is 3. The van der Waals surface area contributed by atoms with E-state index in [9.17, 15) is 14.7 Å². The second-order valence-electron chi connectivity index (χ2n) is 4.88. The van der Waals surface area contributed by atoms with Gasteiger partial charge in [-0.05, 0) is 12.8 Å². The summed E-state index contributed by atoms with van der Waals surface area (Å²) in [5.41, 5.74) is -0.307. The number of hydrogen-bond acceptors (Lipinski definition) is 5. The molecule has 0 radical (unpaired) electrons. The zero-order chi connectivity index (χ0) is 14.0. The summed E-state index contributed by atoms with van der Waals surface area (Å²) in [6.45, 7) is 1.30. The van der Waals surface area contributed by atoms with Gasteiger partial charge in [0.2, 0.25) is 0 Å². The van der Waals surface area contributed by atoms with Gasteiger partial charge in [0.15, 0.2) is 17.2 Å². The molecule has 0 amide bonds. The second-order valence-corrected chi connectivity index (χ2v) is 4.88. The largest absolute Gasteiger partial charge is 0.505 e. The Morgan fingerprint density at radius 1 is 1.42 bits per heavy atom. The first-order valence-electron chi connectivity index (χ1n) is 6.41. The second kappa shape index (κ2) is 5.52. The van der Waals surface area contributed by atoms with Crippen LogP contribution in [0.1, 0.15) is 54.6 Å². The Hall–Kier alpha value is -1.69. The van der Waals surface area contributed by atoms with Crippen LogP contribution in [0.4, 0.5) is 0 Å². The van der Waals surface area contributed by atoms with Gasteiger partial charge in [0.05, 0.1) is 11.7 Å². The Bertz CT molecular complexity index is 538. The number of carbonyl (C=O) groups is 1. The molecule has 0 bridgehead atoms. The molecule has 2 unspecified atom stereocenters. The number of methoxy groups -OCH3 is 1. The van der Waals surface area contributed by atoms with Gasteiger partial charge in [-0.15, -0.1) is 0 Å². The highest BCUT2D eigenvalue weighted by Crippen LogP contribution is 2.37. The summed E-state index contributed by atoms with van der Waals surface area (Å²) in [6, 6.07) is 0. The molecular formula is C13H18N2O4. The monoisotopic (exact) mass is 266 g/mol. The smallest absolute Gasteiger partial charge is 0.271 e. The number of H-pyrrole nitrogens is 1. The fraction of sp³-hybridized carbons (Fsp3) is 0.615. The van der Waals surface area contributed by atoms with Crippen LogP contribution >= 0.6 is 0 Å². The van der Waals surface area contributed by atoms with E-state index >= 15 is 0 Å². The Morgan fingerprint density at radius 2 is 2.11 bits per heavy atom. The van der Waals surface area contributed by atoms with Crippen molar-refractivity contribution in [3.05, 3.63) is 21.6 Å². The molecule has 6 heteroatoms. The summed E-state index contributed by atoms with van der Waals surface area (Å²) in [5.74, 6) is -0.867. The van der Waals surface area contributed by atoms with E-state index in [0.717, 1.165) is 25.7 Å². The molecule has 2 atom stereocenters. The van der Waals surface area contributed by atoms with E-state index in [-0.39, 0.29) is 34.8 Å². The lowest BCUT2D eigenvalue weighted by molar-refractivity contribution is 0.0510. The van der Waals surface area contributed by atoms with E-state index < -0.39 is 5.56 Å². The molecule has 2 rings (SSSR count). The fourth-order valence-corrected chi connectivity index (χ4v) is 2.75. The number of nitrogens with zero attached hydrogens (tertiary/aromatic N) is 1. The number of ketones is 1. The number of Topliss-reactive ketones (excluding diaryl/α,β-unsaturated/α-hetero) is 1. The van der Waals surface area contributed by atoms with Crippen LogP contribution in [0.15, 0.2) is 4.79 Å². The number of hydrogen-bond donors (Lipinski definition) is 2. The first-order chi connectivity index (χ1) is 9.06. The first kappa shape index (κ1) is 13.7. The van der Waals surface area contributed by atoms with Gasteiger partial charge < -0.3 is 9.84 Å². The van der Waals surface area contributed by atoms with Crippen LogP contribution in [0.3, 0.4) is 0 Å². The van der Waals surface area contributed by atoms with Crippen molar-refractivity contribution in [2.75, 3.05) is 7.11 Å². The van der Waals surface area contributed by atoms with Gasteiger partial charge in [-0.25, -0.2) is 5.10 Å². The van der Waals surface area contributed by atoms with Gasteiger partial charge >= 0.3 is 0 Å². The maximum atomic E-state index is 11.9. The topological polar surface area (TPSA) is 92.3 Å². The highest BCUT2D eigenvalue weighted by Gasteiger charge is 2.32. The Balaban J connectivity index is 2.51. The van der Waals surface area contributed by atoms with Crippen LogP contribution in [0, 0.1) is 0 Å². The summed E-state index contributed by atoms with van der Waals surface area (Å²) in [5, 5.41) is 16.0. The van der Waals surface area contributed by atoms with Crippen molar-refractivity contribution in [2.24, 2.45) is 0 Å². The zero-order valence-electron chi connectivity index (χ0n) is 11.1. The third-order valence-electron chi connectivity index (χ3n) is 3.70. The Labute approximate surface area is 110 Å². The normalized spacial score (nSPS) is 23.3. The summed E-state index contributed by atoms with van der Waals surface area (Å²) in [7, 11) is 1.60. The minimum atomic E-state index is -0.448. The maximum absolute atomic E-state index is 11.9. The molecule has 0 aliphatic heterocycles. The molecular weight excluding hydrogens is 248 g/mol. The van der Waals surface area contributed by atoms with E-state index in [2.05, 4.69) is 10.2 Å². The van der Waals surface area contributed by atoms with E-state index in [1.54, 1.807) is 7.11 Å². The lowest BCUT2D eigenvalue weighted by atomic mass is 9.81. The molecule has 104 valence electrons. The van der Waals surface area contributed by atoms with Crippen molar-refractivity contribution in [3.63, 3.8) is 0 Å². The molecule has 2 N–H and O–H groups in total. The standard InChI is InChI=1S/C13H18N2O4/c1-7(16)11-12(17)10(13(18)15-14-11)8-5-3-4-6-9(8)19-2/h8-9H,3-6H2,1-2H3,(H2,15,17,18). The molecule has 1 fully saturated rings. The molecule has 1 aliphatic carbocycles. The van der Waals surface area contributed by atoms with Gasteiger partial charge in [-0.1, -0.05) is 12.8 Å². The van der Waals surface area contributed by atoms with E-state index in [1.165, 1.54) is 6.92 Å². The van der Waals surface area contributed by atoms with Gasteiger partial charge in [-0.2, -0.15) is 5.10 Å². The van der Waals surface area contributed by atoms with E-state index in [1.807, 2.05) is 0 Å². The number of aromatic amines is 1. The lowest BCUT2D eigenvalue weighted by Gasteiger charge is -2.30. The molecule has 19 heavy (non-hydrogen) atoms. The van der Waals surface area contributed by atoms with Crippen molar-refractivity contribution >= 4 is 5.78 Å². The van der Waals surface area contributed by atoms with E-state index in [0.29, 0.717) is 0 Å². The lowest BCUT2D eigenvalue weighted by Crippen LogP contribution is -2.31. The fourth-order valence-electron chi connectivity index (χ4n) is 2.75. The number of nitrogens with one attached hydrogen (secondary N) is 1. The summed E-state index contributed by atoms with van der Waals surface area (Å²) in [6.07, 6.45) is 3.51. The minimum absolute atomic E-state index is 0.0879. The van der Waals surface area contributed by atoms with Gasteiger partial charge in [0, 0.05) is 20.0 Å². The van der Waals surface area contributed by atoms with Crippen LogP contribution in [-0.2, 0) is 4.74 Å². The van der Waals surface area contributed by atoms with Gasteiger partial charge in [-0.3, -0.25) is 9.59 Å². The van der Waals surface area contributed by atoms with Gasteiger partial charge in [0.25, 0.3) is 5.56 Å². The summed E-state index contributed by atoms with van der Waals surface area (Å²) in [4.78, 5) is 23.3. The van der Waals surface area contributed by atoms with Crippen LogP contribution in [0.25, 0.3) is 0 Å². The predicted octanol–water partition coefficient (Wildman–Crippen LogP) is 1.35. The van der Waals surface area contributed by atoms with Crippen LogP contribution in [0.5, 0.6) is 5.75 Å². The predicted molar refractivity (Wildman–Crippen MR) is 68.5 cm³/mol. The molecule has 1 aliphatic rings. The third kappa shape index (κ3) is 2.53. The summed E-state index contributed by atoms with van der Waals surface area (Å²) < 4.78 is 5.40. The van der Waals surface area contributed by atoms with Crippen molar-refractivity contribution in [2.45, 2.75) is 44.6 Å². The Morgan fingerprint density at radius 3 is 2.74 bits per heavy atom. The molecule has 0 saturated heterocycles. The third-order valence-corrected chi connectivity index (χ3v) is 3.70. The van der Waals surface area contributed by atoms with Crippen LogP contribution in [-0.4, -0.2) is 34.3 Å². The average Bonchev–Trinajstić information content (AvgIpc) is 2.39. The van der Waals surface area contributed by atoms with Crippen molar-refractivity contribution in [1.29, 1.82) is 0 Å². The maximum Gasteiger partial charge on any atom is 0.271 e. The summed E-state index contributed by atoms with van der Waals surface area (Å²) >= 11 is 0. The number of aromatic nitrogens is 2. The number of ether oxygens (including phenoxy) is 1. The molecule has 1 saturated carbocycles. The van der Waals surface area contributed by atoms with Crippen molar-refractivity contribution in [3.8, 4) is 5.75 Å². The zero-order valence-corrected chi connectivity index (χ0v) is 11.1. The molecule has 1 aromatic rings. The molecule has 1 heterocycles. The SMILES string of the molecule is COC1CCCCC1c1c(O)c(C(C)=O)n[nH]c1=O. The molecule has 0 aromatic carbocycles. The average molecular weight is 266 g/mol. The molecule has 1 aromatic heterocycles. The first-order valence-corrected chi connectivity index (χ1v) is 6.41. The van der Waals surface area contributed by atoms with Crippen LogP contribution < -0.4 is 5.56 Å². The van der Waals surface area contributed by atoms with Crippen LogP contribution in [0.2, 0.25) is 0 Å². The van der Waals surface area contributed by atoms with E-state index in [4.69, 9.17) is 4.74 Å². The molecule has 0 spiro atoms. The van der Waals surface area contributed by atoms with Crippen molar-refractivity contribution < 1.29 is 14.6 Å². The Kier molecular flexibility index (Phi) is 3.99. The minimum Gasteiger partial charge on any atom is -0.505 e. The van der Waals surface area contributed by atoms with Gasteiger partial charge in [0.1, 0.15) is 0 Å². The highest BCUT2D eigenvalue weighted by molar-refractivity contribution is 5.94. The van der Waals surface area contributed by atoms with Crippen molar-refractivity contribution in [1.82, 2.24) is 10.2 Å². The quantitative estimate of drug-likeness (QED) is 0.806. The highest BCUT2D eigenvalue weighted by atomic mass is 16.5. The number of carbonyl (C=O) groups excluding carboxylic acids is 1. The molecule has 6 nitrogen and oxygen atoms in total.